The molecular formula is C13H7ClF3NO3. The molecular weight excluding hydrogens is 311 g/mol. The highest BCUT2D eigenvalue weighted by molar-refractivity contribution is 6.30. The van der Waals surface area contributed by atoms with Crippen molar-refractivity contribution in [3.63, 3.8) is 0 Å². The fraction of sp³-hybridized carbons (Fsp3) is 0.0769. The maximum absolute atomic E-state index is 12.6. The van der Waals surface area contributed by atoms with E-state index in [2.05, 4.69) is 0 Å². The van der Waals surface area contributed by atoms with E-state index in [1.807, 2.05) is 0 Å². The maximum atomic E-state index is 12.6. The number of nitro groups is 1. The van der Waals surface area contributed by atoms with Crippen LogP contribution < -0.4 is 4.74 Å². The van der Waals surface area contributed by atoms with Gasteiger partial charge in [-0.15, -0.1) is 0 Å². The molecule has 2 aromatic rings. The first-order chi connectivity index (χ1) is 9.77. The number of ether oxygens (including phenoxy) is 1. The molecule has 0 saturated carbocycles. The van der Waals surface area contributed by atoms with Crippen LogP contribution in [-0.2, 0) is 6.18 Å². The molecule has 0 heterocycles. The Morgan fingerprint density at radius 3 is 2.48 bits per heavy atom. The van der Waals surface area contributed by atoms with Gasteiger partial charge in [-0.05, 0) is 30.3 Å². The second-order valence-corrected chi connectivity index (χ2v) is 4.43. The molecule has 4 nitrogen and oxygen atoms in total. The monoisotopic (exact) mass is 317 g/mol. The molecule has 21 heavy (non-hydrogen) atoms. The zero-order chi connectivity index (χ0) is 15.6. The molecule has 0 N–H and O–H groups in total. The highest BCUT2D eigenvalue weighted by atomic mass is 35.5. The van der Waals surface area contributed by atoms with Gasteiger partial charge in [-0.25, -0.2) is 0 Å². The average molecular weight is 318 g/mol. The predicted molar refractivity (Wildman–Crippen MR) is 69.6 cm³/mol. The molecule has 110 valence electrons. The molecule has 0 aliphatic heterocycles. The second-order valence-electron chi connectivity index (χ2n) is 4.00. The number of halogens is 4. The first-order valence-electron chi connectivity index (χ1n) is 5.56. The summed E-state index contributed by atoms with van der Waals surface area (Å²) in [5.74, 6) is -0.348. The topological polar surface area (TPSA) is 52.4 Å². The molecule has 0 saturated heterocycles. The number of hydrogen-bond donors (Lipinski definition) is 0. The van der Waals surface area contributed by atoms with Crippen LogP contribution in [0.4, 0.5) is 18.9 Å². The van der Waals surface area contributed by atoms with Gasteiger partial charge in [0, 0.05) is 11.1 Å². The third-order valence-corrected chi connectivity index (χ3v) is 2.74. The molecule has 0 aliphatic rings. The van der Waals surface area contributed by atoms with Crippen molar-refractivity contribution < 1.29 is 22.8 Å². The van der Waals surface area contributed by atoms with Gasteiger partial charge in [0.15, 0.2) is 0 Å². The van der Waals surface area contributed by atoms with E-state index in [4.69, 9.17) is 16.3 Å². The van der Waals surface area contributed by atoms with Crippen LogP contribution >= 0.6 is 11.6 Å². The summed E-state index contributed by atoms with van der Waals surface area (Å²) in [5.41, 5.74) is -1.34. The molecule has 0 aliphatic carbocycles. The summed E-state index contributed by atoms with van der Waals surface area (Å²) in [7, 11) is 0. The zero-order valence-corrected chi connectivity index (χ0v) is 11.0. The summed E-state index contributed by atoms with van der Waals surface area (Å²) in [6, 6.07) is 7.69. The van der Waals surface area contributed by atoms with Gasteiger partial charge < -0.3 is 4.74 Å². The van der Waals surface area contributed by atoms with E-state index in [1.165, 1.54) is 18.2 Å². The van der Waals surface area contributed by atoms with Crippen molar-refractivity contribution in [1.82, 2.24) is 0 Å². The minimum atomic E-state index is -4.52. The van der Waals surface area contributed by atoms with Crippen LogP contribution in [-0.4, -0.2) is 4.92 Å². The Hall–Kier alpha value is -2.28. The summed E-state index contributed by atoms with van der Waals surface area (Å²) in [5, 5.41) is 11.0. The molecule has 2 aromatic carbocycles. The van der Waals surface area contributed by atoms with Crippen molar-refractivity contribution in [3.8, 4) is 11.5 Å². The normalized spacial score (nSPS) is 11.2. The summed E-state index contributed by atoms with van der Waals surface area (Å²) in [4.78, 5) is 10.1. The smallest absolute Gasteiger partial charge is 0.416 e. The van der Waals surface area contributed by atoms with Gasteiger partial charge in [-0.3, -0.25) is 10.1 Å². The fourth-order valence-corrected chi connectivity index (χ4v) is 1.75. The van der Waals surface area contributed by atoms with Gasteiger partial charge in [-0.2, -0.15) is 13.2 Å². The third-order valence-electron chi connectivity index (χ3n) is 2.51. The Morgan fingerprint density at radius 1 is 1.14 bits per heavy atom. The molecule has 0 unspecified atom stereocenters. The van der Waals surface area contributed by atoms with Gasteiger partial charge in [-0.1, -0.05) is 17.7 Å². The highest BCUT2D eigenvalue weighted by Crippen LogP contribution is 2.36. The number of alkyl halides is 3. The van der Waals surface area contributed by atoms with E-state index >= 15 is 0 Å². The minimum absolute atomic E-state index is 0.123. The van der Waals surface area contributed by atoms with E-state index in [0.29, 0.717) is 0 Å². The van der Waals surface area contributed by atoms with Crippen molar-refractivity contribution >= 4 is 17.3 Å². The van der Waals surface area contributed by atoms with Crippen LogP contribution in [0.2, 0.25) is 5.02 Å². The Balaban J connectivity index is 2.37. The molecule has 0 spiro atoms. The van der Waals surface area contributed by atoms with Crippen molar-refractivity contribution in [2.24, 2.45) is 0 Å². The molecule has 2 rings (SSSR count). The predicted octanol–water partition coefficient (Wildman–Crippen LogP) is 5.06. The first-order valence-corrected chi connectivity index (χ1v) is 5.94. The largest absolute Gasteiger partial charge is 0.450 e. The maximum Gasteiger partial charge on any atom is 0.416 e. The summed E-state index contributed by atoms with van der Waals surface area (Å²) < 4.78 is 42.9. The highest BCUT2D eigenvalue weighted by Gasteiger charge is 2.30. The third kappa shape index (κ3) is 3.63. The Kier molecular flexibility index (Phi) is 4.04. The van der Waals surface area contributed by atoms with Crippen LogP contribution in [0.1, 0.15) is 5.56 Å². The summed E-state index contributed by atoms with van der Waals surface area (Å²) >= 11 is 5.64. The lowest BCUT2D eigenvalue weighted by Gasteiger charge is -2.10. The lowest BCUT2D eigenvalue weighted by atomic mass is 10.2. The van der Waals surface area contributed by atoms with Gasteiger partial charge in [0.2, 0.25) is 5.75 Å². The van der Waals surface area contributed by atoms with E-state index in [0.717, 1.165) is 24.3 Å². The lowest BCUT2D eigenvalue weighted by molar-refractivity contribution is -0.385. The van der Waals surface area contributed by atoms with E-state index in [1.54, 1.807) is 0 Å². The minimum Gasteiger partial charge on any atom is -0.450 e. The zero-order valence-electron chi connectivity index (χ0n) is 10.2. The second kappa shape index (κ2) is 5.61. The standard InChI is InChI=1S/C13H7ClF3NO3/c14-9-4-5-12(11(7-9)18(19)20)21-10-3-1-2-8(6-10)13(15,16)17/h1-7H. The number of nitro benzene ring substituents is 1. The lowest BCUT2D eigenvalue weighted by Crippen LogP contribution is -2.04. The van der Waals surface area contributed by atoms with E-state index in [9.17, 15) is 23.3 Å². The van der Waals surface area contributed by atoms with Crippen LogP contribution in [0.25, 0.3) is 0 Å². The first kappa shape index (κ1) is 15.1. The van der Waals surface area contributed by atoms with E-state index in [-0.39, 0.29) is 16.5 Å². The van der Waals surface area contributed by atoms with E-state index < -0.39 is 22.4 Å². The molecule has 0 bridgehead atoms. The van der Waals surface area contributed by atoms with Crippen molar-refractivity contribution in [3.05, 3.63) is 63.2 Å². The SMILES string of the molecule is O=[N+]([O-])c1cc(Cl)ccc1Oc1cccc(C(F)(F)F)c1. The number of rotatable bonds is 3. The van der Waals surface area contributed by atoms with Crippen LogP contribution in [0.15, 0.2) is 42.5 Å². The Morgan fingerprint density at radius 2 is 1.86 bits per heavy atom. The van der Waals surface area contributed by atoms with Crippen LogP contribution in [0.3, 0.4) is 0 Å². The molecule has 8 heteroatoms. The van der Waals surface area contributed by atoms with Gasteiger partial charge in [0.1, 0.15) is 5.75 Å². The number of hydrogen-bond acceptors (Lipinski definition) is 3. The van der Waals surface area contributed by atoms with Crippen molar-refractivity contribution in [2.75, 3.05) is 0 Å². The number of benzene rings is 2. The fourth-order valence-electron chi connectivity index (χ4n) is 1.58. The number of nitrogens with zero attached hydrogens (tertiary/aromatic N) is 1. The quantitative estimate of drug-likeness (QED) is 0.587. The molecule has 0 atom stereocenters. The van der Waals surface area contributed by atoms with Crippen LogP contribution in [0, 0.1) is 10.1 Å². The summed E-state index contributed by atoms with van der Waals surface area (Å²) in [6.45, 7) is 0. The van der Waals surface area contributed by atoms with Crippen molar-refractivity contribution in [2.45, 2.75) is 6.18 Å². The molecule has 0 fully saturated rings. The van der Waals surface area contributed by atoms with Crippen LogP contribution in [0.5, 0.6) is 11.5 Å². The Bertz CT molecular complexity index is 689. The van der Waals surface area contributed by atoms with Gasteiger partial charge in [0.05, 0.1) is 10.5 Å². The van der Waals surface area contributed by atoms with Gasteiger partial charge in [0.25, 0.3) is 0 Å². The molecule has 0 amide bonds. The van der Waals surface area contributed by atoms with Crippen molar-refractivity contribution in [1.29, 1.82) is 0 Å². The Labute approximate surface area is 121 Å². The molecule has 0 aromatic heterocycles. The average Bonchev–Trinajstić information content (AvgIpc) is 2.40. The summed E-state index contributed by atoms with van der Waals surface area (Å²) in [6.07, 6.45) is -4.52. The van der Waals surface area contributed by atoms with Gasteiger partial charge >= 0.3 is 11.9 Å². The molecule has 0 radical (unpaired) electrons.